The highest BCUT2D eigenvalue weighted by atomic mass is 35.5. The normalized spacial score (nSPS) is 10.6. The van der Waals surface area contributed by atoms with Gasteiger partial charge in [0.15, 0.2) is 23.3 Å². The first-order valence-electron chi connectivity index (χ1n) is 4.79. The van der Waals surface area contributed by atoms with Gasteiger partial charge in [0.05, 0.1) is 11.8 Å². The van der Waals surface area contributed by atoms with Crippen LogP contribution in [0.2, 0.25) is 5.22 Å². The molecule has 0 radical (unpaired) electrons. The first-order chi connectivity index (χ1) is 8.91. The molecule has 0 aliphatic rings. The van der Waals surface area contributed by atoms with E-state index in [1.54, 1.807) is 5.32 Å². The minimum absolute atomic E-state index is 0.0329. The van der Waals surface area contributed by atoms with Crippen LogP contribution < -0.4 is 5.32 Å². The third kappa shape index (κ3) is 2.41. The van der Waals surface area contributed by atoms with E-state index in [1.807, 2.05) is 0 Å². The topological polar surface area (TPSA) is 42.2 Å². The maximum atomic E-state index is 13.3. The van der Waals surface area contributed by atoms with Gasteiger partial charge in [0.2, 0.25) is 5.22 Å². The van der Waals surface area contributed by atoms with Gasteiger partial charge in [0, 0.05) is 6.07 Å². The Kier molecular flexibility index (Phi) is 3.48. The lowest BCUT2D eigenvalue weighted by atomic mass is 10.2. The Morgan fingerprint density at radius 3 is 2.21 bits per heavy atom. The molecule has 19 heavy (non-hydrogen) atoms. The highest BCUT2D eigenvalue weighted by molar-refractivity contribution is 6.32. The Labute approximate surface area is 108 Å². The zero-order chi connectivity index (χ0) is 14.2. The minimum atomic E-state index is -1.72. The summed E-state index contributed by atoms with van der Waals surface area (Å²) in [4.78, 5) is 11.6. The second kappa shape index (κ2) is 4.93. The number of nitrogens with one attached hydrogen (secondary N) is 1. The molecule has 0 unspecified atom stereocenters. The van der Waals surface area contributed by atoms with Crippen LogP contribution >= 0.6 is 11.6 Å². The van der Waals surface area contributed by atoms with Crippen LogP contribution in [0.1, 0.15) is 10.4 Å². The molecule has 1 heterocycles. The van der Waals surface area contributed by atoms with E-state index in [0.29, 0.717) is 0 Å². The number of anilines is 1. The summed E-state index contributed by atoms with van der Waals surface area (Å²) in [5.74, 6) is -7.76. The van der Waals surface area contributed by atoms with Gasteiger partial charge < -0.3 is 9.73 Å². The van der Waals surface area contributed by atoms with Crippen LogP contribution in [0.3, 0.4) is 0 Å². The van der Waals surface area contributed by atoms with Crippen molar-refractivity contribution in [3.05, 3.63) is 52.4 Å². The summed E-state index contributed by atoms with van der Waals surface area (Å²) in [5, 5.41) is 1.37. The van der Waals surface area contributed by atoms with Gasteiger partial charge in [-0.15, -0.1) is 0 Å². The zero-order valence-corrected chi connectivity index (χ0v) is 9.69. The number of carbonyl (C=O) groups is 1. The Morgan fingerprint density at radius 1 is 1.16 bits per heavy atom. The molecule has 1 aromatic carbocycles. The Bertz CT molecular complexity index is 630. The van der Waals surface area contributed by atoms with Crippen molar-refractivity contribution in [1.82, 2.24) is 0 Å². The van der Waals surface area contributed by atoms with E-state index in [0.717, 1.165) is 12.3 Å². The fraction of sp³-hybridized carbons (Fsp3) is 0. The van der Waals surface area contributed by atoms with Crippen LogP contribution in [0.15, 0.2) is 22.8 Å². The summed E-state index contributed by atoms with van der Waals surface area (Å²) in [5.41, 5.74) is -1.47. The summed E-state index contributed by atoms with van der Waals surface area (Å²) in [6, 6.07) is 1.16. The van der Waals surface area contributed by atoms with E-state index in [9.17, 15) is 22.4 Å². The first kappa shape index (κ1) is 13.4. The van der Waals surface area contributed by atoms with Crippen molar-refractivity contribution in [2.75, 3.05) is 5.32 Å². The molecule has 0 atom stereocenters. The van der Waals surface area contributed by atoms with Crippen molar-refractivity contribution in [3.8, 4) is 0 Å². The second-order valence-corrected chi connectivity index (χ2v) is 3.75. The fourth-order valence-corrected chi connectivity index (χ4v) is 1.52. The quantitative estimate of drug-likeness (QED) is 0.677. The molecule has 1 amide bonds. The van der Waals surface area contributed by atoms with Gasteiger partial charge in [0.1, 0.15) is 5.69 Å². The molecule has 0 saturated heterocycles. The van der Waals surface area contributed by atoms with Crippen LogP contribution in [0.25, 0.3) is 0 Å². The lowest BCUT2D eigenvalue weighted by molar-refractivity contribution is 0.102. The Balaban J connectivity index is 2.40. The lowest BCUT2D eigenvalue weighted by Crippen LogP contribution is -2.15. The van der Waals surface area contributed by atoms with Gasteiger partial charge in [-0.1, -0.05) is 0 Å². The summed E-state index contributed by atoms with van der Waals surface area (Å²) in [6.07, 6.45) is 1.07. The molecule has 100 valence electrons. The van der Waals surface area contributed by atoms with Gasteiger partial charge in [-0.2, -0.15) is 0 Å². The van der Waals surface area contributed by atoms with E-state index >= 15 is 0 Å². The number of furan rings is 1. The number of rotatable bonds is 2. The van der Waals surface area contributed by atoms with Gasteiger partial charge in [-0.05, 0) is 17.7 Å². The monoisotopic (exact) mass is 293 g/mol. The van der Waals surface area contributed by atoms with Crippen LogP contribution in [-0.2, 0) is 0 Å². The lowest BCUT2D eigenvalue weighted by Gasteiger charge is -2.08. The van der Waals surface area contributed by atoms with Crippen LogP contribution in [0, 0.1) is 23.3 Å². The third-order valence-electron chi connectivity index (χ3n) is 2.21. The Morgan fingerprint density at radius 2 is 1.74 bits per heavy atom. The predicted octanol–water partition coefficient (Wildman–Crippen LogP) is 3.74. The summed E-state index contributed by atoms with van der Waals surface area (Å²) < 4.78 is 57.0. The van der Waals surface area contributed by atoms with E-state index in [1.165, 1.54) is 0 Å². The second-order valence-electron chi connectivity index (χ2n) is 3.41. The maximum Gasteiger partial charge on any atom is 0.260 e. The van der Waals surface area contributed by atoms with E-state index in [2.05, 4.69) is 4.42 Å². The van der Waals surface area contributed by atoms with E-state index < -0.39 is 34.9 Å². The molecule has 3 nitrogen and oxygen atoms in total. The number of benzene rings is 1. The molecule has 2 aromatic rings. The number of carbonyl (C=O) groups excluding carboxylic acids is 1. The van der Waals surface area contributed by atoms with Crippen molar-refractivity contribution in [2.45, 2.75) is 0 Å². The molecule has 2 rings (SSSR count). The highest BCUT2D eigenvalue weighted by Gasteiger charge is 2.22. The third-order valence-corrected chi connectivity index (χ3v) is 2.51. The molecule has 1 N–H and O–H groups in total. The van der Waals surface area contributed by atoms with Crippen molar-refractivity contribution >= 4 is 23.2 Å². The molecular weight excluding hydrogens is 290 g/mol. The SMILES string of the molecule is O=C(Nc1c(F)c(F)cc(F)c1F)c1ccoc1Cl. The molecule has 0 spiro atoms. The number of halogens is 5. The molecular formula is C11H4ClF4NO2. The van der Waals surface area contributed by atoms with Crippen LogP contribution in [0.5, 0.6) is 0 Å². The molecule has 0 bridgehead atoms. The molecule has 1 aromatic heterocycles. The zero-order valence-electron chi connectivity index (χ0n) is 8.94. The smallest absolute Gasteiger partial charge is 0.260 e. The van der Waals surface area contributed by atoms with Gasteiger partial charge >= 0.3 is 0 Å². The van der Waals surface area contributed by atoms with Gasteiger partial charge in [-0.3, -0.25) is 4.79 Å². The summed E-state index contributed by atoms with van der Waals surface area (Å²) in [7, 11) is 0. The number of hydrogen-bond acceptors (Lipinski definition) is 2. The largest absolute Gasteiger partial charge is 0.452 e. The summed E-state index contributed by atoms with van der Waals surface area (Å²) in [6.45, 7) is 0. The highest BCUT2D eigenvalue weighted by Crippen LogP contribution is 2.25. The molecule has 0 aliphatic heterocycles. The molecule has 0 fully saturated rings. The van der Waals surface area contributed by atoms with Crippen molar-refractivity contribution in [1.29, 1.82) is 0 Å². The first-order valence-corrected chi connectivity index (χ1v) is 5.17. The van der Waals surface area contributed by atoms with Crippen molar-refractivity contribution < 1.29 is 26.8 Å². The van der Waals surface area contributed by atoms with Crippen LogP contribution in [0.4, 0.5) is 23.2 Å². The minimum Gasteiger partial charge on any atom is -0.452 e. The summed E-state index contributed by atoms with van der Waals surface area (Å²) >= 11 is 5.48. The van der Waals surface area contributed by atoms with Crippen LogP contribution in [-0.4, -0.2) is 5.91 Å². The Hall–Kier alpha value is -2.02. The predicted molar refractivity (Wildman–Crippen MR) is 57.9 cm³/mol. The molecule has 0 saturated carbocycles. The van der Waals surface area contributed by atoms with Gasteiger partial charge in [0.25, 0.3) is 5.91 Å². The van der Waals surface area contributed by atoms with E-state index in [4.69, 9.17) is 11.6 Å². The molecule has 0 aliphatic carbocycles. The standard InChI is InChI=1S/C11H4ClF4NO2/c12-10-4(1-2-19-10)11(18)17-9-7(15)5(13)3-6(14)8(9)16/h1-3H,(H,17,18). The van der Waals surface area contributed by atoms with Gasteiger partial charge in [-0.25, -0.2) is 17.6 Å². The maximum absolute atomic E-state index is 13.3. The molecule has 8 heteroatoms. The van der Waals surface area contributed by atoms with E-state index in [-0.39, 0.29) is 16.8 Å². The van der Waals surface area contributed by atoms with Crippen molar-refractivity contribution in [3.63, 3.8) is 0 Å². The number of hydrogen-bond donors (Lipinski definition) is 1. The average Bonchev–Trinajstić information content (AvgIpc) is 2.78. The number of amides is 1. The van der Waals surface area contributed by atoms with Crippen molar-refractivity contribution in [2.24, 2.45) is 0 Å². The fourth-order valence-electron chi connectivity index (χ4n) is 1.32. The average molecular weight is 294 g/mol.